The summed E-state index contributed by atoms with van der Waals surface area (Å²) in [5.41, 5.74) is 10.9. The van der Waals surface area contributed by atoms with Crippen molar-refractivity contribution in [2.75, 3.05) is 33.2 Å². The highest BCUT2D eigenvalue weighted by Crippen LogP contribution is 2.33. The van der Waals surface area contributed by atoms with Crippen molar-refractivity contribution in [3.05, 3.63) is 71.3 Å². The lowest BCUT2D eigenvalue weighted by molar-refractivity contribution is -0.116. The van der Waals surface area contributed by atoms with E-state index in [0.717, 1.165) is 46.1 Å². The van der Waals surface area contributed by atoms with Crippen LogP contribution in [-0.2, 0) is 11.2 Å². The van der Waals surface area contributed by atoms with Gasteiger partial charge in [0.15, 0.2) is 0 Å². The monoisotopic (exact) mass is 468 g/mol. The lowest BCUT2D eigenvalue weighted by atomic mass is 9.96. The number of ketones is 1. The molecule has 0 spiro atoms. The normalized spacial score (nSPS) is 14.5. The van der Waals surface area contributed by atoms with Gasteiger partial charge in [0.1, 0.15) is 5.78 Å². The molecule has 7 nitrogen and oxygen atoms in total. The zero-order valence-electron chi connectivity index (χ0n) is 19.9. The van der Waals surface area contributed by atoms with E-state index in [2.05, 4.69) is 16.9 Å². The molecule has 0 atom stereocenters. The first kappa shape index (κ1) is 22.8. The predicted molar refractivity (Wildman–Crippen MR) is 138 cm³/mol. The van der Waals surface area contributed by atoms with Gasteiger partial charge in [0.05, 0.1) is 11.1 Å². The number of nitrogens with two attached hydrogens (primary N) is 1. The number of H-pyrrole nitrogens is 1. The third-order valence-electron chi connectivity index (χ3n) is 6.72. The highest BCUT2D eigenvalue weighted by atomic mass is 16.2. The number of aromatic nitrogens is 1. The molecule has 0 saturated carbocycles. The second-order valence-corrected chi connectivity index (χ2v) is 9.37. The number of likely N-dealkylation sites (N-methyl/N-ethyl adjacent to an activating group) is 1. The van der Waals surface area contributed by atoms with Gasteiger partial charge in [-0.3, -0.25) is 14.4 Å². The molecule has 0 unspecified atom stereocenters. The number of carbonyl (C=O) groups excluding carboxylic acids is 3. The molecule has 3 aromatic carbocycles. The van der Waals surface area contributed by atoms with E-state index in [4.69, 9.17) is 5.73 Å². The number of carbonyl (C=O) groups is 3. The zero-order chi connectivity index (χ0) is 24.7. The first-order valence-electron chi connectivity index (χ1n) is 11.8. The van der Waals surface area contributed by atoms with Gasteiger partial charge in [-0.1, -0.05) is 30.3 Å². The molecule has 5 rings (SSSR count). The minimum atomic E-state index is -0.531. The van der Waals surface area contributed by atoms with Crippen LogP contribution in [0.25, 0.3) is 32.9 Å². The lowest BCUT2D eigenvalue weighted by Crippen LogP contribution is -2.47. The van der Waals surface area contributed by atoms with Crippen molar-refractivity contribution in [3.63, 3.8) is 0 Å². The predicted octanol–water partition coefficient (Wildman–Crippen LogP) is 3.61. The van der Waals surface area contributed by atoms with Crippen LogP contribution in [0.5, 0.6) is 0 Å². The maximum absolute atomic E-state index is 13.1. The molecule has 7 heteroatoms. The smallest absolute Gasteiger partial charge is 0.254 e. The van der Waals surface area contributed by atoms with Gasteiger partial charge in [-0.05, 0) is 54.9 Å². The van der Waals surface area contributed by atoms with Gasteiger partial charge in [0.2, 0.25) is 0 Å². The summed E-state index contributed by atoms with van der Waals surface area (Å²) in [6.07, 6.45) is 0.357. The van der Waals surface area contributed by atoms with E-state index < -0.39 is 5.91 Å². The number of hydrogen-bond acceptors (Lipinski definition) is 4. The number of fused-ring (bicyclic) bond motifs is 3. The summed E-state index contributed by atoms with van der Waals surface area (Å²) < 4.78 is 0. The van der Waals surface area contributed by atoms with E-state index in [-0.39, 0.29) is 11.7 Å². The third-order valence-corrected chi connectivity index (χ3v) is 6.72. The van der Waals surface area contributed by atoms with Crippen LogP contribution in [0.3, 0.4) is 0 Å². The van der Waals surface area contributed by atoms with E-state index in [1.54, 1.807) is 13.0 Å². The summed E-state index contributed by atoms with van der Waals surface area (Å²) in [7, 11) is 2.06. The molecule has 1 aromatic heterocycles. The maximum atomic E-state index is 13.1. The zero-order valence-corrected chi connectivity index (χ0v) is 19.9. The molecule has 1 fully saturated rings. The molecule has 2 amide bonds. The number of rotatable bonds is 5. The Balaban J connectivity index is 1.59. The van der Waals surface area contributed by atoms with Crippen LogP contribution in [0.2, 0.25) is 0 Å². The van der Waals surface area contributed by atoms with E-state index in [0.29, 0.717) is 36.2 Å². The SMILES string of the molecule is CC(=O)Cc1cccc(-c2cc(C(N)=O)c3[nH]c4cc(C(=O)N5CCN(C)CC5)ccc4c3c2)c1. The van der Waals surface area contributed by atoms with E-state index in [1.165, 1.54) is 0 Å². The van der Waals surface area contributed by atoms with Gasteiger partial charge < -0.3 is 20.5 Å². The van der Waals surface area contributed by atoms with E-state index >= 15 is 0 Å². The highest BCUT2D eigenvalue weighted by molar-refractivity contribution is 6.17. The number of Topliss-reactive ketones (excluding diaryl/α,β-unsaturated/α-hetero) is 1. The molecule has 35 heavy (non-hydrogen) atoms. The van der Waals surface area contributed by atoms with E-state index in [1.807, 2.05) is 53.4 Å². The second kappa shape index (κ2) is 9.00. The fourth-order valence-corrected chi connectivity index (χ4v) is 4.84. The number of benzene rings is 3. The molecule has 1 aliphatic rings. The number of piperazine rings is 1. The Morgan fingerprint density at radius 1 is 0.914 bits per heavy atom. The number of primary amides is 1. The van der Waals surface area contributed by atoms with Crippen molar-refractivity contribution in [1.82, 2.24) is 14.8 Å². The number of hydrogen-bond donors (Lipinski definition) is 2. The fraction of sp³-hybridized carbons (Fsp3) is 0.250. The van der Waals surface area contributed by atoms with Gasteiger partial charge in [-0.25, -0.2) is 0 Å². The molecule has 0 radical (unpaired) electrons. The highest BCUT2D eigenvalue weighted by Gasteiger charge is 2.22. The summed E-state index contributed by atoms with van der Waals surface area (Å²) >= 11 is 0. The Kier molecular flexibility index (Phi) is 5.86. The summed E-state index contributed by atoms with van der Waals surface area (Å²) in [6, 6.07) is 17.2. The third kappa shape index (κ3) is 4.42. The second-order valence-electron chi connectivity index (χ2n) is 9.37. The van der Waals surface area contributed by atoms with Crippen molar-refractivity contribution in [2.24, 2.45) is 5.73 Å². The Hall–Kier alpha value is -3.97. The lowest BCUT2D eigenvalue weighted by Gasteiger charge is -2.32. The van der Waals surface area contributed by atoms with Crippen molar-refractivity contribution in [2.45, 2.75) is 13.3 Å². The maximum Gasteiger partial charge on any atom is 0.254 e. The average molecular weight is 469 g/mol. The number of amides is 2. The van der Waals surface area contributed by atoms with Gasteiger partial charge in [0, 0.05) is 54.5 Å². The Labute approximate surface area is 203 Å². The van der Waals surface area contributed by atoms with Crippen molar-refractivity contribution < 1.29 is 14.4 Å². The van der Waals surface area contributed by atoms with Crippen LogP contribution < -0.4 is 5.73 Å². The fourth-order valence-electron chi connectivity index (χ4n) is 4.84. The topological polar surface area (TPSA) is 99.5 Å². The van der Waals surface area contributed by atoms with Crippen LogP contribution in [0.1, 0.15) is 33.2 Å². The first-order valence-corrected chi connectivity index (χ1v) is 11.8. The molecule has 4 aromatic rings. The van der Waals surface area contributed by atoms with Gasteiger partial charge in [0.25, 0.3) is 11.8 Å². The van der Waals surface area contributed by atoms with Crippen LogP contribution in [-0.4, -0.2) is 65.6 Å². The molecule has 3 N–H and O–H groups in total. The van der Waals surface area contributed by atoms with Crippen molar-refractivity contribution in [1.29, 1.82) is 0 Å². The Morgan fingerprint density at radius 2 is 1.69 bits per heavy atom. The van der Waals surface area contributed by atoms with Crippen LogP contribution in [0, 0.1) is 0 Å². The van der Waals surface area contributed by atoms with Crippen molar-refractivity contribution in [3.8, 4) is 11.1 Å². The molecule has 1 saturated heterocycles. The summed E-state index contributed by atoms with van der Waals surface area (Å²) in [4.78, 5) is 44.5. The standard InChI is InChI=1S/C28H28N4O3/c1-17(33)12-18-4-3-5-19(13-18)21-14-23-22-7-6-20(28(35)32-10-8-31(2)9-11-32)16-25(22)30-26(23)24(15-21)27(29)34/h3-7,13-16,30H,8-12H2,1-2H3,(H2,29,34). The molecular weight excluding hydrogens is 440 g/mol. The Morgan fingerprint density at radius 3 is 2.40 bits per heavy atom. The quantitative estimate of drug-likeness (QED) is 0.467. The molecule has 0 bridgehead atoms. The van der Waals surface area contributed by atoms with E-state index in [9.17, 15) is 14.4 Å². The largest absolute Gasteiger partial charge is 0.366 e. The van der Waals surface area contributed by atoms with Gasteiger partial charge in [-0.15, -0.1) is 0 Å². The van der Waals surface area contributed by atoms with Crippen molar-refractivity contribution >= 4 is 39.4 Å². The average Bonchev–Trinajstić information content (AvgIpc) is 3.21. The Bertz CT molecular complexity index is 1480. The first-order chi connectivity index (χ1) is 16.8. The summed E-state index contributed by atoms with van der Waals surface area (Å²) in [6.45, 7) is 4.70. The van der Waals surface area contributed by atoms with Crippen LogP contribution in [0.15, 0.2) is 54.6 Å². The minimum Gasteiger partial charge on any atom is -0.366 e. The minimum absolute atomic E-state index is 0.0109. The van der Waals surface area contributed by atoms with Gasteiger partial charge >= 0.3 is 0 Å². The molecule has 0 aliphatic carbocycles. The van der Waals surface area contributed by atoms with Gasteiger partial charge in [-0.2, -0.15) is 0 Å². The molecular formula is C28H28N4O3. The summed E-state index contributed by atoms with van der Waals surface area (Å²) in [5, 5.41) is 1.78. The number of aromatic amines is 1. The molecule has 2 heterocycles. The van der Waals surface area contributed by atoms with Crippen LogP contribution >= 0.6 is 0 Å². The number of nitrogens with one attached hydrogen (secondary N) is 1. The van der Waals surface area contributed by atoms with Crippen LogP contribution in [0.4, 0.5) is 0 Å². The summed E-state index contributed by atoms with van der Waals surface area (Å²) in [5.74, 6) is -0.428. The molecule has 1 aliphatic heterocycles. The number of nitrogens with zero attached hydrogens (tertiary/aromatic N) is 2. The molecule has 178 valence electrons.